The number of aromatic nitrogens is 1. The summed E-state index contributed by atoms with van der Waals surface area (Å²) in [7, 11) is 0. The highest BCUT2D eigenvalue weighted by atomic mass is 16.5. The van der Waals surface area contributed by atoms with E-state index in [9.17, 15) is 4.79 Å². The highest BCUT2D eigenvalue weighted by Gasteiger charge is 2.69. The summed E-state index contributed by atoms with van der Waals surface area (Å²) in [5, 5.41) is 4.22. The molecule has 0 spiro atoms. The van der Waals surface area contributed by atoms with E-state index in [4.69, 9.17) is 4.52 Å². The number of nitrogens with zero attached hydrogens (tertiary/aromatic N) is 1. The van der Waals surface area contributed by atoms with Crippen molar-refractivity contribution in [2.45, 2.75) is 119 Å². The fraction of sp³-hybridized carbons (Fsp3) is 0.812. The van der Waals surface area contributed by atoms with Gasteiger partial charge in [0.25, 0.3) is 0 Å². The average molecular weight is 478 g/mol. The number of ketones is 1. The second-order valence-electron chi connectivity index (χ2n) is 15.5. The van der Waals surface area contributed by atoms with Crippen LogP contribution in [0.4, 0.5) is 0 Å². The molecule has 35 heavy (non-hydrogen) atoms. The monoisotopic (exact) mass is 477 g/mol. The zero-order valence-corrected chi connectivity index (χ0v) is 23.5. The first-order valence-corrected chi connectivity index (χ1v) is 14.4. The molecule has 192 valence electrons. The number of carbonyl (C=O) groups is 1. The predicted molar refractivity (Wildman–Crippen MR) is 140 cm³/mol. The third kappa shape index (κ3) is 2.79. The van der Waals surface area contributed by atoms with Crippen molar-refractivity contribution < 1.29 is 9.32 Å². The Morgan fingerprint density at radius 2 is 1.71 bits per heavy atom. The van der Waals surface area contributed by atoms with Gasteiger partial charge in [-0.1, -0.05) is 72.5 Å². The molecule has 3 fully saturated rings. The Hall–Kier alpha value is -1.38. The van der Waals surface area contributed by atoms with E-state index in [1.165, 1.54) is 62.5 Å². The van der Waals surface area contributed by atoms with E-state index in [-0.39, 0.29) is 27.6 Å². The molecule has 3 nitrogen and oxygen atoms in total. The van der Waals surface area contributed by atoms with Crippen LogP contribution in [0.15, 0.2) is 22.4 Å². The summed E-state index contributed by atoms with van der Waals surface area (Å²) in [6.07, 6.45) is 15.0. The minimum Gasteiger partial charge on any atom is -0.361 e. The topological polar surface area (TPSA) is 43.1 Å². The largest absolute Gasteiger partial charge is 0.361 e. The number of rotatable bonds is 1. The number of carbonyl (C=O) groups excluding carboxylic acids is 1. The van der Waals surface area contributed by atoms with E-state index < -0.39 is 0 Å². The van der Waals surface area contributed by atoms with Crippen molar-refractivity contribution in [2.75, 3.05) is 0 Å². The molecule has 3 heteroatoms. The first-order valence-electron chi connectivity index (χ1n) is 14.4. The van der Waals surface area contributed by atoms with Crippen LogP contribution < -0.4 is 0 Å². The number of allylic oxidation sites excluding steroid dienone is 2. The van der Waals surface area contributed by atoms with Gasteiger partial charge in [0.2, 0.25) is 0 Å². The third-order valence-electron chi connectivity index (χ3n) is 13.2. The Kier molecular flexibility index (Phi) is 4.75. The van der Waals surface area contributed by atoms with Gasteiger partial charge in [-0.2, -0.15) is 0 Å². The highest BCUT2D eigenvalue weighted by Crippen LogP contribution is 2.75. The summed E-state index contributed by atoms with van der Waals surface area (Å²) in [4.78, 5) is 14.4. The third-order valence-corrected chi connectivity index (χ3v) is 13.2. The van der Waals surface area contributed by atoms with Crippen LogP contribution in [0.5, 0.6) is 0 Å². The number of hydrogen-bond acceptors (Lipinski definition) is 3. The maximum absolute atomic E-state index is 14.4. The minimum absolute atomic E-state index is 0.0240. The van der Waals surface area contributed by atoms with Crippen LogP contribution >= 0.6 is 0 Å². The minimum atomic E-state index is -0.0703. The van der Waals surface area contributed by atoms with E-state index >= 15 is 0 Å². The lowest BCUT2D eigenvalue weighted by molar-refractivity contribution is -0.172. The van der Waals surface area contributed by atoms with Gasteiger partial charge in [0.15, 0.2) is 5.78 Å². The molecule has 0 amide bonds. The molecule has 6 rings (SSSR count). The average Bonchev–Trinajstić information content (AvgIpc) is 3.24. The molecule has 1 aromatic heterocycles. The summed E-state index contributed by atoms with van der Waals surface area (Å²) < 4.78 is 5.82. The van der Waals surface area contributed by atoms with E-state index in [0.29, 0.717) is 28.4 Å². The summed E-state index contributed by atoms with van der Waals surface area (Å²) in [5.74, 6) is 2.69. The van der Waals surface area contributed by atoms with Crippen LogP contribution in [-0.4, -0.2) is 10.9 Å². The van der Waals surface area contributed by atoms with Gasteiger partial charge in [0, 0.05) is 16.9 Å². The zero-order valence-electron chi connectivity index (χ0n) is 23.5. The van der Waals surface area contributed by atoms with Crippen molar-refractivity contribution in [2.24, 2.45) is 44.8 Å². The Bertz CT molecular complexity index is 1110. The molecular weight excluding hydrogens is 430 g/mol. The Morgan fingerprint density at radius 1 is 1.00 bits per heavy atom. The highest BCUT2D eigenvalue weighted by molar-refractivity contribution is 5.95. The normalized spacial score (nSPS) is 47.5. The van der Waals surface area contributed by atoms with Crippen LogP contribution in [0.1, 0.15) is 118 Å². The molecule has 0 aliphatic heterocycles. The van der Waals surface area contributed by atoms with Crippen LogP contribution in [0.3, 0.4) is 0 Å². The molecule has 0 unspecified atom stereocenters. The van der Waals surface area contributed by atoms with Gasteiger partial charge in [-0.3, -0.25) is 4.79 Å². The first kappa shape index (κ1) is 24.0. The molecule has 0 bridgehead atoms. The van der Waals surface area contributed by atoms with E-state index in [0.717, 1.165) is 12.2 Å². The van der Waals surface area contributed by atoms with Gasteiger partial charge in [-0.05, 0) is 96.4 Å². The second kappa shape index (κ2) is 6.93. The SMILES string of the molecule is CC[C@]12CCC(C)(C)C[C@H]1[C@H]1C(=O)C=C3[C@@]4(C)Cc5cnoc5C(C)(C)[C@@H]4CC[C@@]3(C)[C@]1(C)CC2. The molecule has 1 aromatic rings. The maximum atomic E-state index is 14.4. The zero-order chi connectivity index (χ0) is 25.2. The van der Waals surface area contributed by atoms with E-state index in [1.807, 2.05) is 6.20 Å². The maximum Gasteiger partial charge on any atom is 0.159 e. The summed E-state index contributed by atoms with van der Waals surface area (Å²) in [6.45, 7) is 19.5. The van der Waals surface area contributed by atoms with Crippen molar-refractivity contribution in [1.29, 1.82) is 0 Å². The van der Waals surface area contributed by atoms with Crippen LogP contribution in [0.2, 0.25) is 0 Å². The summed E-state index contributed by atoms with van der Waals surface area (Å²) in [5.41, 5.74) is 3.44. The van der Waals surface area contributed by atoms with Gasteiger partial charge in [0.1, 0.15) is 5.76 Å². The van der Waals surface area contributed by atoms with Crippen LogP contribution in [0.25, 0.3) is 0 Å². The van der Waals surface area contributed by atoms with Gasteiger partial charge < -0.3 is 4.52 Å². The Morgan fingerprint density at radius 3 is 2.43 bits per heavy atom. The van der Waals surface area contributed by atoms with Crippen LogP contribution in [-0.2, 0) is 16.6 Å². The van der Waals surface area contributed by atoms with Crippen molar-refractivity contribution in [3.05, 3.63) is 29.2 Å². The van der Waals surface area contributed by atoms with Crippen molar-refractivity contribution in [3.8, 4) is 0 Å². The standard InChI is InChI=1S/C32H47NO2/c1-9-32-14-12-27(2,3)18-21(32)25-22(34)16-24-29(6)17-20-19-33-35-26(20)28(4,5)23(29)10-11-30(24,7)31(25,8)13-15-32/h16,19,21,23,25H,9-15,17-18H2,1-8H3/t21-,23-,25-,29-,30+,31+,32+/m0/s1. The number of hydrogen-bond donors (Lipinski definition) is 0. The molecule has 0 N–H and O–H groups in total. The van der Waals surface area contributed by atoms with Crippen molar-refractivity contribution >= 4 is 5.78 Å². The Labute approximate surface area is 212 Å². The molecule has 5 aliphatic rings. The van der Waals surface area contributed by atoms with Gasteiger partial charge in [0.05, 0.1) is 6.20 Å². The lowest BCUT2D eigenvalue weighted by atomic mass is 9.34. The smallest absolute Gasteiger partial charge is 0.159 e. The Balaban J connectivity index is 1.50. The molecule has 5 aliphatic carbocycles. The lowest BCUT2D eigenvalue weighted by Gasteiger charge is -2.69. The van der Waals surface area contributed by atoms with E-state index in [2.05, 4.69) is 66.6 Å². The van der Waals surface area contributed by atoms with Crippen molar-refractivity contribution in [1.82, 2.24) is 5.16 Å². The molecule has 3 saturated carbocycles. The predicted octanol–water partition coefficient (Wildman–Crippen LogP) is 8.08. The van der Waals surface area contributed by atoms with Gasteiger partial charge in [-0.15, -0.1) is 0 Å². The molecule has 0 aromatic carbocycles. The molecular formula is C32H47NO2. The quantitative estimate of drug-likeness (QED) is 0.410. The van der Waals surface area contributed by atoms with Crippen molar-refractivity contribution in [3.63, 3.8) is 0 Å². The number of fused-ring (bicyclic) bond motifs is 8. The molecule has 0 radical (unpaired) electrons. The molecule has 1 heterocycles. The fourth-order valence-corrected chi connectivity index (χ4v) is 11.0. The molecule has 7 atom stereocenters. The van der Waals surface area contributed by atoms with Gasteiger partial charge >= 0.3 is 0 Å². The summed E-state index contributed by atoms with van der Waals surface area (Å²) >= 11 is 0. The van der Waals surface area contributed by atoms with Gasteiger partial charge in [-0.25, -0.2) is 0 Å². The summed E-state index contributed by atoms with van der Waals surface area (Å²) in [6, 6.07) is 0. The lowest BCUT2D eigenvalue weighted by Crippen LogP contribution is -2.65. The van der Waals surface area contributed by atoms with Crippen LogP contribution in [0, 0.1) is 44.8 Å². The second-order valence-corrected chi connectivity index (χ2v) is 15.5. The fourth-order valence-electron chi connectivity index (χ4n) is 11.0. The molecule has 0 saturated heterocycles. The van der Waals surface area contributed by atoms with E-state index in [1.54, 1.807) is 0 Å². The first-order chi connectivity index (χ1) is 16.2.